The van der Waals surface area contributed by atoms with E-state index in [4.69, 9.17) is 16.3 Å². The highest BCUT2D eigenvalue weighted by atomic mass is 35.5. The third-order valence-electron chi connectivity index (χ3n) is 4.00. The number of halogens is 1. The summed E-state index contributed by atoms with van der Waals surface area (Å²) in [7, 11) is 0. The van der Waals surface area contributed by atoms with Crippen molar-refractivity contribution in [2.45, 2.75) is 32.2 Å². The van der Waals surface area contributed by atoms with Crippen molar-refractivity contribution in [1.29, 1.82) is 0 Å². The first-order valence-electron chi connectivity index (χ1n) is 7.81. The van der Waals surface area contributed by atoms with Gasteiger partial charge in [0.15, 0.2) is 0 Å². The van der Waals surface area contributed by atoms with E-state index in [2.05, 4.69) is 23.3 Å². The van der Waals surface area contributed by atoms with Crippen LogP contribution in [0, 0.1) is 0 Å². The van der Waals surface area contributed by atoms with Crippen molar-refractivity contribution in [3.63, 3.8) is 0 Å². The van der Waals surface area contributed by atoms with Crippen molar-refractivity contribution in [2.24, 2.45) is 0 Å². The third-order valence-corrected chi connectivity index (χ3v) is 4.23. The highest BCUT2D eigenvalue weighted by molar-refractivity contribution is 6.30. The zero-order chi connectivity index (χ0) is 16.2. The van der Waals surface area contributed by atoms with Crippen LogP contribution in [0.5, 0.6) is 5.75 Å². The molecule has 5 heteroatoms. The Kier molecular flexibility index (Phi) is 4.82. The monoisotopic (exact) mass is 330 g/mol. The molecular formula is C18H19ClN2O2. The van der Waals surface area contributed by atoms with E-state index in [1.165, 1.54) is 5.56 Å². The van der Waals surface area contributed by atoms with E-state index in [0.29, 0.717) is 17.3 Å². The first kappa shape index (κ1) is 15.8. The number of hydrogen-bond acceptors (Lipinski definition) is 3. The van der Waals surface area contributed by atoms with Gasteiger partial charge < -0.3 is 10.1 Å². The summed E-state index contributed by atoms with van der Waals surface area (Å²) in [4.78, 5) is 16.5. The molecule has 1 aromatic heterocycles. The van der Waals surface area contributed by atoms with Gasteiger partial charge in [0.2, 0.25) is 5.91 Å². The van der Waals surface area contributed by atoms with Gasteiger partial charge >= 0.3 is 0 Å². The largest absolute Gasteiger partial charge is 0.493 e. The number of ether oxygens (including phenoxy) is 1. The molecule has 3 rings (SSSR count). The van der Waals surface area contributed by atoms with Gasteiger partial charge in [-0.25, -0.2) is 0 Å². The Balaban J connectivity index is 1.72. The summed E-state index contributed by atoms with van der Waals surface area (Å²) in [6.07, 6.45) is 3.50. The van der Waals surface area contributed by atoms with Crippen molar-refractivity contribution in [3.8, 4) is 5.75 Å². The maximum absolute atomic E-state index is 12.3. The zero-order valence-corrected chi connectivity index (χ0v) is 13.8. The first-order valence-corrected chi connectivity index (χ1v) is 8.19. The number of rotatable bonds is 4. The van der Waals surface area contributed by atoms with Crippen molar-refractivity contribution < 1.29 is 9.53 Å². The van der Waals surface area contributed by atoms with E-state index in [1.54, 1.807) is 18.3 Å². The number of hydrogen-bond donors (Lipinski definition) is 1. The van der Waals surface area contributed by atoms with Crippen LogP contribution in [0.2, 0.25) is 5.02 Å². The fraction of sp³-hybridized carbons (Fsp3) is 0.333. The van der Waals surface area contributed by atoms with E-state index in [-0.39, 0.29) is 18.4 Å². The van der Waals surface area contributed by atoms with Gasteiger partial charge in [0.25, 0.3) is 0 Å². The Bertz CT molecular complexity index is 701. The lowest BCUT2D eigenvalue weighted by Gasteiger charge is -2.28. The zero-order valence-electron chi connectivity index (χ0n) is 13.0. The lowest BCUT2D eigenvalue weighted by atomic mass is 9.96. The fourth-order valence-electron chi connectivity index (χ4n) is 2.84. The van der Waals surface area contributed by atoms with Crippen LogP contribution in [0.4, 0.5) is 0 Å². The Labute approximate surface area is 140 Å². The van der Waals surface area contributed by atoms with E-state index in [9.17, 15) is 4.79 Å². The lowest BCUT2D eigenvalue weighted by molar-refractivity contribution is -0.121. The molecule has 0 fully saturated rings. The second-order valence-electron chi connectivity index (χ2n) is 5.59. The maximum atomic E-state index is 12.3. The molecule has 1 aliphatic rings. The number of fused-ring (bicyclic) bond motifs is 1. The lowest BCUT2D eigenvalue weighted by Crippen LogP contribution is -2.33. The SMILES string of the molecule is CCc1cccc2c1OCCC2NC(=O)Cc1ccc(Cl)cn1. The molecule has 2 aromatic rings. The maximum Gasteiger partial charge on any atom is 0.226 e. The summed E-state index contributed by atoms with van der Waals surface area (Å²) < 4.78 is 5.81. The number of carbonyl (C=O) groups is 1. The van der Waals surface area contributed by atoms with Crippen LogP contribution in [-0.4, -0.2) is 17.5 Å². The van der Waals surface area contributed by atoms with Crippen LogP contribution in [0.1, 0.15) is 36.2 Å². The van der Waals surface area contributed by atoms with Crippen LogP contribution < -0.4 is 10.1 Å². The average molecular weight is 331 g/mol. The molecule has 0 saturated carbocycles. The minimum Gasteiger partial charge on any atom is -0.493 e. The predicted molar refractivity (Wildman–Crippen MR) is 89.8 cm³/mol. The van der Waals surface area contributed by atoms with Crippen LogP contribution in [-0.2, 0) is 17.6 Å². The molecular weight excluding hydrogens is 312 g/mol. The summed E-state index contributed by atoms with van der Waals surface area (Å²) in [5, 5.41) is 3.67. The number of amides is 1. The Morgan fingerprint density at radius 2 is 2.26 bits per heavy atom. The summed E-state index contributed by atoms with van der Waals surface area (Å²) in [6, 6.07) is 9.63. The molecule has 0 aliphatic carbocycles. The topological polar surface area (TPSA) is 51.2 Å². The summed E-state index contributed by atoms with van der Waals surface area (Å²) >= 11 is 5.81. The Morgan fingerprint density at radius 1 is 1.39 bits per heavy atom. The smallest absolute Gasteiger partial charge is 0.226 e. The highest BCUT2D eigenvalue weighted by Gasteiger charge is 2.24. The molecule has 1 unspecified atom stereocenters. The van der Waals surface area contributed by atoms with Crippen molar-refractivity contribution >= 4 is 17.5 Å². The van der Waals surface area contributed by atoms with Gasteiger partial charge in [0.05, 0.1) is 24.1 Å². The molecule has 120 valence electrons. The number of nitrogens with one attached hydrogen (secondary N) is 1. The molecule has 0 saturated heterocycles. The summed E-state index contributed by atoms with van der Waals surface area (Å²) in [5.74, 6) is 0.885. The van der Waals surface area contributed by atoms with Gasteiger partial charge in [-0.05, 0) is 24.1 Å². The normalized spacial score (nSPS) is 16.3. The van der Waals surface area contributed by atoms with Gasteiger partial charge in [-0.3, -0.25) is 9.78 Å². The number of carbonyl (C=O) groups excluding carboxylic acids is 1. The number of para-hydroxylation sites is 1. The number of aryl methyl sites for hydroxylation is 1. The highest BCUT2D eigenvalue weighted by Crippen LogP contribution is 2.35. The second-order valence-corrected chi connectivity index (χ2v) is 6.03. The quantitative estimate of drug-likeness (QED) is 0.933. The van der Waals surface area contributed by atoms with Crippen molar-refractivity contribution in [3.05, 3.63) is 58.4 Å². The van der Waals surface area contributed by atoms with Gasteiger partial charge in [0, 0.05) is 23.9 Å². The van der Waals surface area contributed by atoms with Gasteiger partial charge in [-0.15, -0.1) is 0 Å². The molecule has 4 nitrogen and oxygen atoms in total. The van der Waals surface area contributed by atoms with Crippen LogP contribution in [0.25, 0.3) is 0 Å². The summed E-state index contributed by atoms with van der Waals surface area (Å²) in [6.45, 7) is 2.72. The molecule has 1 atom stereocenters. The molecule has 0 spiro atoms. The molecule has 2 heterocycles. The van der Waals surface area contributed by atoms with Gasteiger partial charge in [-0.1, -0.05) is 36.7 Å². The van der Waals surface area contributed by atoms with Crippen LogP contribution in [0.15, 0.2) is 36.5 Å². The van der Waals surface area contributed by atoms with E-state index < -0.39 is 0 Å². The van der Waals surface area contributed by atoms with Crippen molar-refractivity contribution in [1.82, 2.24) is 10.3 Å². The number of pyridine rings is 1. The molecule has 23 heavy (non-hydrogen) atoms. The van der Waals surface area contributed by atoms with Crippen LogP contribution in [0.3, 0.4) is 0 Å². The fourth-order valence-corrected chi connectivity index (χ4v) is 2.95. The second kappa shape index (κ2) is 7.01. The predicted octanol–water partition coefficient (Wildman–Crippen LogP) is 3.48. The minimum absolute atomic E-state index is 0.00921. The molecule has 1 aromatic carbocycles. The van der Waals surface area contributed by atoms with E-state index in [1.807, 2.05) is 12.1 Å². The van der Waals surface area contributed by atoms with Crippen molar-refractivity contribution in [2.75, 3.05) is 6.61 Å². The molecule has 0 bridgehead atoms. The number of aromatic nitrogens is 1. The molecule has 1 N–H and O–H groups in total. The third kappa shape index (κ3) is 3.64. The van der Waals surface area contributed by atoms with Gasteiger partial charge in [0.1, 0.15) is 5.75 Å². The number of nitrogens with zero attached hydrogens (tertiary/aromatic N) is 1. The number of benzene rings is 1. The average Bonchev–Trinajstić information content (AvgIpc) is 2.57. The Morgan fingerprint density at radius 3 is 3.00 bits per heavy atom. The van der Waals surface area contributed by atoms with Gasteiger partial charge in [-0.2, -0.15) is 0 Å². The standard InChI is InChI=1S/C18H19ClN2O2/c1-2-12-4-3-5-15-16(8-9-23-18(12)15)21-17(22)10-14-7-6-13(19)11-20-14/h3-7,11,16H,2,8-10H2,1H3,(H,21,22). The molecule has 1 aliphatic heterocycles. The van der Waals surface area contributed by atoms with E-state index >= 15 is 0 Å². The first-order chi connectivity index (χ1) is 11.2. The van der Waals surface area contributed by atoms with E-state index in [0.717, 1.165) is 24.2 Å². The van der Waals surface area contributed by atoms with Crippen LogP contribution >= 0.6 is 11.6 Å². The minimum atomic E-state index is -0.0421. The summed E-state index contributed by atoms with van der Waals surface area (Å²) in [5.41, 5.74) is 2.95. The molecule has 1 amide bonds. The Hall–Kier alpha value is -2.07. The molecule has 0 radical (unpaired) electrons.